The molecule has 1 aliphatic heterocycles. The zero-order chi connectivity index (χ0) is 24.5. The minimum Gasteiger partial charge on any atom is -0.394 e. The molecule has 1 aliphatic rings. The summed E-state index contributed by atoms with van der Waals surface area (Å²) in [5.74, 6) is 0.217. The minimum atomic E-state index is -4.64. The van der Waals surface area contributed by atoms with E-state index in [1.807, 2.05) is 31.2 Å². The topological polar surface area (TPSA) is 237 Å². The molecular weight excluding hydrogens is 461 g/mol. The van der Waals surface area contributed by atoms with Crippen molar-refractivity contribution in [2.75, 3.05) is 12.3 Å². The van der Waals surface area contributed by atoms with E-state index in [1.165, 1.54) is 4.57 Å². The predicted molar refractivity (Wildman–Crippen MR) is 115 cm³/mol. The van der Waals surface area contributed by atoms with Gasteiger partial charge in [-0.05, 0) is 12.0 Å². The maximum absolute atomic E-state index is 12.3. The normalized spacial score (nSPS) is 22.9. The third-order valence-electron chi connectivity index (χ3n) is 4.96. The molecule has 1 fully saturated rings. The quantitative estimate of drug-likeness (QED) is 0.199. The standard InChI is InChI=1S/C18H21N5O5.H3O4P/c1-2-8-3-5-9(6-4-8)14-20-11-15(21-18(19)22-16(11)27)23(14)17-13(26)12(25)10(7-24)28-17;1-5(2,3)4/h3-6,10,12-13,17,24-26H,2,7H2,1H3,(H3,19,21,22,27);(H3,1,2,3,4)/t10-,12-,13-,17-;/m1./s1. The monoisotopic (exact) mass is 485 g/mol. The molecule has 0 bridgehead atoms. The third-order valence-corrected chi connectivity index (χ3v) is 4.96. The number of aromatic nitrogens is 4. The number of ether oxygens (including phenoxy) is 1. The number of hydrogen-bond acceptors (Lipinski definition) is 9. The number of nitrogen functional groups attached to an aromatic ring is 1. The van der Waals surface area contributed by atoms with Gasteiger partial charge in [0.2, 0.25) is 5.95 Å². The summed E-state index contributed by atoms with van der Waals surface area (Å²) in [7, 11) is -4.64. The van der Waals surface area contributed by atoms with Crippen LogP contribution in [0.1, 0.15) is 18.7 Å². The van der Waals surface area contributed by atoms with Gasteiger partial charge in [-0.15, -0.1) is 0 Å². The average molecular weight is 485 g/mol. The van der Waals surface area contributed by atoms with Gasteiger partial charge in [0.05, 0.1) is 6.61 Å². The summed E-state index contributed by atoms with van der Waals surface area (Å²) in [4.78, 5) is 44.9. The van der Waals surface area contributed by atoms with Crippen molar-refractivity contribution in [1.29, 1.82) is 0 Å². The SMILES string of the molecule is CCc1ccc(-c2nc3c(=O)[nH]c(N)nc3n2[C@@H]2O[C@H](CO)[C@@H](O)[C@H]2O)cc1.O=P(O)(O)O. The lowest BCUT2D eigenvalue weighted by atomic mass is 10.1. The number of aliphatic hydroxyl groups excluding tert-OH is 3. The summed E-state index contributed by atoms with van der Waals surface area (Å²) >= 11 is 0. The van der Waals surface area contributed by atoms with E-state index in [-0.39, 0.29) is 17.1 Å². The highest BCUT2D eigenvalue weighted by Gasteiger charge is 2.45. The molecule has 0 aliphatic carbocycles. The van der Waals surface area contributed by atoms with Crippen molar-refractivity contribution in [1.82, 2.24) is 19.5 Å². The number of imidazole rings is 1. The van der Waals surface area contributed by atoms with Gasteiger partial charge in [-0.2, -0.15) is 4.98 Å². The maximum atomic E-state index is 12.3. The fourth-order valence-electron chi connectivity index (χ4n) is 3.43. The van der Waals surface area contributed by atoms with Crippen LogP contribution in [0.15, 0.2) is 29.1 Å². The Hall–Kier alpha value is -2.68. The molecule has 15 heteroatoms. The highest BCUT2D eigenvalue weighted by molar-refractivity contribution is 7.45. The summed E-state index contributed by atoms with van der Waals surface area (Å²) in [6, 6.07) is 7.55. The first kappa shape index (κ1) is 25.0. The first-order valence-electron chi connectivity index (χ1n) is 9.72. The summed E-state index contributed by atoms with van der Waals surface area (Å²) in [6.07, 6.45) is -3.88. The Morgan fingerprint density at radius 2 is 1.76 bits per heavy atom. The van der Waals surface area contributed by atoms with Gasteiger partial charge in [0.1, 0.15) is 24.1 Å². The number of fused-ring (bicyclic) bond motifs is 1. The number of anilines is 1. The molecule has 3 heterocycles. The van der Waals surface area contributed by atoms with Gasteiger partial charge >= 0.3 is 7.82 Å². The largest absolute Gasteiger partial charge is 0.466 e. The first-order chi connectivity index (χ1) is 15.4. The van der Waals surface area contributed by atoms with Gasteiger partial charge in [-0.25, -0.2) is 9.55 Å². The van der Waals surface area contributed by atoms with Gasteiger partial charge in [-0.1, -0.05) is 31.2 Å². The molecule has 1 saturated heterocycles. The molecule has 9 N–H and O–H groups in total. The molecule has 14 nitrogen and oxygen atoms in total. The smallest absolute Gasteiger partial charge is 0.394 e. The van der Waals surface area contributed by atoms with E-state index in [0.717, 1.165) is 12.0 Å². The number of hydrogen-bond donors (Lipinski definition) is 8. The number of benzene rings is 1. The number of rotatable bonds is 4. The number of aliphatic hydroxyl groups is 3. The van der Waals surface area contributed by atoms with Crippen molar-refractivity contribution in [3.05, 3.63) is 40.2 Å². The number of phosphoric acid groups is 1. The van der Waals surface area contributed by atoms with Crippen LogP contribution in [0.4, 0.5) is 5.95 Å². The second-order valence-corrected chi connectivity index (χ2v) is 8.25. The van der Waals surface area contributed by atoms with Crippen LogP contribution in [-0.4, -0.2) is 74.4 Å². The summed E-state index contributed by atoms with van der Waals surface area (Å²) in [5, 5.41) is 30.1. The fraction of sp³-hybridized carbons (Fsp3) is 0.389. The van der Waals surface area contributed by atoms with Crippen molar-refractivity contribution in [2.45, 2.75) is 37.9 Å². The van der Waals surface area contributed by atoms with Crippen LogP contribution in [0, 0.1) is 0 Å². The van der Waals surface area contributed by atoms with E-state index >= 15 is 0 Å². The van der Waals surface area contributed by atoms with Crippen molar-refractivity contribution in [3.8, 4) is 11.4 Å². The van der Waals surface area contributed by atoms with Crippen LogP contribution < -0.4 is 11.3 Å². The Bertz CT molecular complexity index is 1210. The summed E-state index contributed by atoms with van der Waals surface area (Å²) < 4.78 is 16.0. The number of aromatic amines is 1. The van der Waals surface area contributed by atoms with Gasteiger partial charge in [0.15, 0.2) is 17.4 Å². The van der Waals surface area contributed by atoms with E-state index in [9.17, 15) is 20.1 Å². The second-order valence-electron chi connectivity index (χ2n) is 7.22. The molecule has 0 saturated carbocycles. The number of H-pyrrole nitrogens is 1. The zero-order valence-corrected chi connectivity index (χ0v) is 18.2. The van der Waals surface area contributed by atoms with Gasteiger partial charge < -0.3 is 40.5 Å². The highest BCUT2D eigenvalue weighted by Crippen LogP contribution is 2.35. The molecule has 2 aromatic heterocycles. The van der Waals surface area contributed by atoms with Crippen molar-refractivity contribution >= 4 is 24.9 Å². The molecule has 0 radical (unpaired) electrons. The zero-order valence-electron chi connectivity index (χ0n) is 17.3. The fourth-order valence-corrected chi connectivity index (χ4v) is 3.43. The molecule has 1 aromatic carbocycles. The molecule has 4 rings (SSSR count). The van der Waals surface area contributed by atoms with Crippen LogP contribution in [-0.2, 0) is 15.7 Å². The van der Waals surface area contributed by atoms with Crippen LogP contribution in [0.25, 0.3) is 22.6 Å². The molecule has 33 heavy (non-hydrogen) atoms. The van der Waals surface area contributed by atoms with Crippen molar-refractivity contribution in [3.63, 3.8) is 0 Å². The predicted octanol–water partition coefficient (Wildman–Crippen LogP) is -1.39. The van der Waals surface area contributed by atoms with Crippen LogP contribution >= 0.6 is 7.82 Å². The number of nitrogens with two attached hydrogens (primary N) is 1. The first-order valence-corrected chi connectivity index (χ1v) is 11.3. The van der Waals surface area contributed by atoms with Gasteiger partial charge in [0.25, 0.3) is 5.56 Å². The van der Waals surface area contributed by atoms with Crippen molar-refractivity contribution < 1.29 is 39.3 Å². The highest BCUT2D eigenvalue weighted by atomic mass is 31.2. The molecular formula is C18H24N5O9P. The summed E-state index contributed by atoms with van der Waals surface area (Å²) in [5.41, 5.74) is 7.11. The van der Waals surface area contributed by atoms with Gasteiger partial charge in [-0.3, -0.25) is 14.3 Å². The van der Waals surface area contributed by atoms with Crippen LogP contribution in [0.5, 0.6) is 0 Å². The second kappa shape index (κ2) is 9.67. The van der Waals surface area contributed by atoms with Crippen LogP contribution in [0.3, 0.4) is 0 Å². The Balaban J connectivity index is 0.000000555. The lowest BCUT2D eigenvalue weighted by Gasteiger charge is -2.19. The van der Waals surface area contributed by atoms with Crippen molar-refractivity contribution in [2.24, 2.45) is 0 Å². The molecule has 3 aromatic rings. The molecule has 0 amide bonds. The lowest BCUT2D eigenvalue weighted by molar-refractivity contribution is -0.0503. The van der Waals surface area contributed by atoms with Crippen LogP contribution in [0.2, 0.25) is 0 Å². The Kier molecular flexibility index (Phi) is 7.31. The average Bonchev–Trinajstić information content (AvgIpc) is 3.24. The third kappa shape index (κ3) is 5.46. The Morgan fingerprint density at radius 1 is 1.15 bits per heavy atom. The number of nitrogens with one attached hydrogen (secondary N) is 1. The Labute approximate surface area is 186 Å². The molecule has 0 unspecified atom stereocenters. The van der Waals surface area contributed by atoms with E-state index in [0.29, 0.717) is 11.4 Å². The van der Waals surface area contributed by atoms with E-state index in [4.69, 9.17) is 29.7 Å². The minimum absolute atomic E-state index is 0.0292. The van der Waals surface area contributed by atoms with Gasteiger partial charge in [0, 0.05) is 5.56 Å². The Morgan fingerprint density at radius 3 is 2.27 bits per heavy atom. The van der Waals surface area contributed by atoms with E-state index < -0.39 is 44.5 Å². The lowest BCUT2D eigenvalue weighted by Crippen LogP contribution is -2.33. The number of nitrogens with zero attached hydrogens (tertiary/aromatic N) is 3. The molecule has 4 atom stereocenters. The maximum Gasteiger partial charge on any atom is 0.466 e. The van der Waals surface area contributed by atoms with E-state index in [2.05, 4.69) is 15.0 Å². The summed E-state index contributed by atoms with van der Waals surface area (Å²) in [6.45, 7) is 1.56. The number of aryl methyl sites for hydroxylation is 1. The molecule has 0 spiro atoms. The molecule has 180 valence electrons. The van der Waals surface area contributed by atoms with E-state index in [1.54, 1.807) is 0 Å².